The SMILES string of the molecule is Cc1nn(CN(C)CC(=O)NC(C)C)c(=S)n1Cc1ccccc1. The molecule has 0 fully saturated rings. The topological polar surface area (TPSA) is 55.1 Å². The highest BCUT2D eigenvalue weighted by atomic mass is 32.1. The minimum absolute atomic E-state index is 0.000501. The fourth-order valence-corrected chi connectivity index (χ4v) is 2.78. The van der Waals surface area contributed by atoms with E-state index in [1.165, 1.54) is 5.56 Å². The summed E-state index contributed by atoms with van der Waals surface area (Å²) in [5.41, 5.74) is 1.18. The Morgan fingerprint density at radius 1 is 1.33 bits per heavy atom. The average Bonchev–Trinajstić information content (AvgIpc) is 2.75. The summed E-state index contributed by atoms with van der Waals surface area (Å²) in [6.07, 6.45) is 0. The molecule has 1 aromatic heterocycles. The van der Waals surface area contributed by atoms with Crippen molar-refractivity contribution in [3.05, 3.63) is 46.5 Å². The standard InChI is InChI=1S/C17H25N5OS/c1-13(2)18-16(23)11-20(4)12-22-17(24)21(14(3)19-22)10-15-8-6-5-7-9-15/h5-9,13H,10-12H2,1-4H3,(H,18,23). The summed E-state index contributed by atoms with van der Waals surface area (Å²) < 4.78 is 4.43. The van der Waals surface area contributed by atoms with Crippen molar-refractivity contribution in [2.45, 2.75) is 40.0 Å². The van der Waals surface area contributed by atoms with Crippen molar-refractivity contribution in [2.75, 3.05) is 13.6 Å². The van der Waals surface area contributed by atoms with Crippen LogP contribution in [0.2, 0.25) is 0 Å². The first-order valence-corrected chi connectivity index (χ1v) is 8.43. The van der Waals surface area contributed by atoms with E-state index in [2.05, 4.69) is 22.5 Å². The molecule has 1 heterocycles. The van der Waals surface area contributed by atoms with Crippen LogP contribution in [0.4, 0.5) is 0 Å². The Kier molecular flexibility index (Phi) is 6.28. The van der Waals surface area contributed by atoms with Gasteiger partial charge in [0.25, 0.3) is 0 Å². The van der Waals surface area contributed by atoms with E-state index in [9.17, 15) is 4.79 Å². The molecule has 6 nitrogen and oxygen atoms in total. The first-order chi connectivity index (χ1) is 11.4. The summed E-state index contributed by atoms with van der Waals surface area (Å²) in [7, 11) is 1.88. The maximum atomic E-state index is 11.8. The zero-order valence-electron chi connectivity index (χ0n) is 14.7. The Labute approximate surface area is 148 Å². The minimum atomic E-state index is -0.000501. The number of carbonyl (C=O) groups excluding carboxylic acids is 1. The highest BCUT2D eigenvalue weighted by Gasteiger charge is 2.12. The third kappa shape index (κ3) is 5.01. The number of hydrogen-bond donors (Lipinski definition) is 1. The number of hydrogen-bond acceptors (Lipinski definition) is 4. The summed E-state index contributed by atoms with van der Waals surface area (Å²) in [5, 5.41) is 7.40. The van der Waals surface area contributed by atoms with Crippen LogP contribution in [0, 0.1) is 11.7 Å². The summed E-state index contributed by atoms with van der Waals surface area (Å²) >= 11 is 5.55. The van der Waals surface area contributed by atoms with E-state index in [0.29, 0.717) is 24.5 Å². The number of amides is 1. The van der Waals surface area contributed by atoms with Crippen LogP contribution >= 0.6 is 12.2 Å². The molecule has 7 heteroatoms. The fourth-order valence-electron chi connectivity index (χ4n) is 2.48. The van der Waals surface area contributed by atoms with Gasteiger partial charge in [-0.25, -0.2) is 4.68 Å². The van der Waals surface area contributed by atoms with Crippen molar-refractivity contribution in [1.82, 2.24) is 24.6 Å². The summed E-state index contributed by atoms with van der Waals surface area (Å²) in [4.78, 5) is 13.7. The van der Waals surface area contributed by atoms with Crippen LogP contribution in [0.1, 0.15) is 25.2 Å². The van der Waals surface area contributed by atoms with Crippen LogP contribution in [0.3, 0.4) is 0 Å². The molecule has 0 aliphatic rings. The lowest BCUT2D eigenvalue weighted by molar-refractivity contribution is -0.122. The first-order valence-electron chi connectivity index (χ1n) is 8.03. The van der Waals surface area contributed by atoms with Gasteiger partial charge in [-0.3, -0.25) is 14.3 Å². The number of aryl methyl sites for hydroxylation is 1. The normalized spacial score (nSPS) is 11.2. The molecule has 0 radical (unpaired) electrons. The van der Waals surface area contributed by atoms with Crippen molar-refractivity contribution < 1.29 is 4.79 Å². The van der Waals surface area contributed by atoms with Crippen LogP contribution in [0.15, 0.2) is 30.3 Å². The molecule has 24 heavy (non-hydrogen) atoms. The quantitative estimate of drug-likeness (QED) is 0.780. The summed E-state index contributed by atoms with van der Waals surface area (Å²) in [6, 6.07) is 10.3. The molecule has 0 bridgehead atoms. The van der Waals surface area contributed by atoms with E-state index in [1.807, 2.05) is 55.5 Å². The van der Waals surface area contributed by atoms with Crippen LogP contribution in [-0.2, 0) is 18.0 Å². The third-order valence-corrected chi connectivity index (χ3v) is 3.96. The highest BCUT2D eigenvalue weighted by Crippen LogP contribution is 2.07. The molecule has 2 aromatic rings. The second kappa shape index (κ2) is 8.21. The number of likely N-dealkylation sites (N-methyl/N-ethyl adjacent to an activating group) is 1. The lowest BCUT2D eigenvalue weighted by atomic mass is 10.2. The molecule has 0 aliphatic heterocycles. The molecule has 0 saturated carbocycles. The van der Waals surface area contributed by atoms with Gasteiger partial charge in [0.2, 0.25) is 5.91 Å². The number of benzene rings is 1. The predicted octanol–water partition coefficient (Wildman–Crippen LogP) is 2.18. The van der Waals surface area contributed by atoms with E-state index < -0.39 is 0 Å². The van der Waals surface area contributed by atoms with Crippen LogP contribution in [-0.4, -0.2) is 44.8 Å². The van der Waals surface area contributed by atoms with Gasteiger partial charge in [0.1, 0.15) is 5.82 Å². The number of nitrogens with zero attached hydrogens (tertiary/aromatic N) is 4. The maximum absolute atomic E-state index is 11.8. The Bertz CT molecular complexity index is 735. The van der Waals surface area contributed by atoms with Crippen LogP contribution in [0.5, 0.6) is 0 Å². The van der Waals surface area contributed by atoms with Gasteiger partial charge in [-0.1, -0.05) is 30.3 Å². The number of carbonyl (C=O) groups is 1. The van der Waals surface area contributed by atoms with Crippen molar-refractivity contribution in [1.29, 1.82) is 0 Å². The van der Waals surface area contributed by atoms with E-state index in [1.54, 1.807) is 4.68 Å². The molecule has 0 saturated heterocycles. The smallest absolute Gasteiger partial charge is 0.234 e. The molecule has 2 rings (SSSR count). The predicted molar refractivity (Wildman–Crippen MR) is 97.2 cm³/mol. The monoisotopic (exact) mass is 347 g/mol. The van der Waals surface area contributed by atoms with E-state index in [0.717, 1.165) is 5.82 Å². The third-order valence-electron chi connectivity index (χ3n) is 3.53. The van der Waals surface area contributed by atoms with Gasteiger partial charge in [-0.15, -0.1) is 0 Å². The second-order valence-corrected chi connectivity index (χ2v) is 6.64. The van der Waals surface area contributed by atoms with Gasteiger partial charge in [-0.05, 0) is 45.6 Å². The zero-order chi connectivity index (χ0) is 17.7. The lowest BCUT2D eigenvalue weighted by Gasteiger charge is -2.17. The average molecular weight is 347 g/mol. The molecular weight excluding hydrogens is 322 g/mol. The number of nitrogens with one attached hydrogen (secondary N) is 1. The lowest BCUT2D eigenvalue weighted by Crippen LogP contribution is -2.39. The molecular formula is C17H25N5OS. The molecule has 0 atom stereocenters. The molecule has 0 unspecified atom stereocenters. The van der Waals surface area contributed by atoms with Gasteiger partial charge in [0.15, 0.2) is 4.77 Å². The zero-order valence-corrected chi connectivity index (χ0v) is 15.5. The Balaban J connectivity index is 2.05. The molecule has 130 valence electrons. The summed E-state index contributed by atoms with van der Waals surface area (Å²) in [6.45, 7) is 7.33. The number of rotatable bonds is 7. The van der Waals surface area contributed by atoms with Crippen molar-refractivity contribution in [2.24, 2.45) is 0 Å². The van der Waals surface area contributed by atoms with Crippen molar-refractivity contribution >= 4 is 18.1 Å². The van der Waals surface area contributed by atoms with Gasteiger partial charge >= 0.3 is 0 Å². The molecule has 0 spiro atoms. The van der Waals surface area contributed by atoms with Crippen LogP contribution < -0.4 is 5.32 Å². The van der Waals surface area contributed by atoms with Crippen molar-refractivity contribution in [3.63, 3.8) is 0 Å². The minimum Gasteiger partial charge on any atom is -0.353 e. The largest absolute Gasteiger partial charge is 0.353 e. The fraction of sp³-hybridized carbons (Fsp3) is 0.471. The van der Waals surface area contributed by atoms with Crippen LogP contribution in [0.25, 0.3) is 0 Å². The first kappa shape index (κ1) is 18.4. The molecule has 1 aromatic carbocycles. The molecule has 0 aliphatic carbocycles. The Morgan fingerprint density at radius 3 is 2.62 bits per heavy atom. The van der Waals surface area contributed by atoms with Gasteiger partial charge in [-0.2, -0.15) is 5.10 Å². The van der Waals surface area contributed by atoms with Gasteiger partial charge in [0, 0.05) is 6.04 Å². The second-order valence-electron chi connectivity index (χ2n) is 6.28. The summed E-state index contributed by atoms with van der Waals surface area (Å²) in [5.74, 6) is 0.864. The maximum Gasteiger partial charge on any atom is 0.234 e. The van der Waals surface area contributed by atoms with E-state index in [4.69, 9.17) is 12.2 Å². The van der Waals surface area contributed by atoms with E-state index in [-0.39, 0.29) is 11.9 Å². The van der Waals surface area contributed by atoms with Gasteiger partial charge in [0.05, 0.1) is 19.8 Å². The molecule has 1 amide bonds. The van der Waals surface area contributed by atoms with E-state index >= 15 is 0 Å². The van der Waals surface area contributed by atoms with Crippen molar-refractivity contribution in [3.8, 4) is 0 Å². The highest BCUT2D eigenvalue weighted by molar-refractivity contribution is 7.71. The van der Waals surface area contributed by atoms with Gasteiger partial charge < -0.3 is 5.32 Å². The Hall–Kier alpha value is -1.99. The molecule has 1 N–H and O–H groups in total. The Morgan fingerprint density at radius 2 is 2.00 bits per heavy atom. The number of aromatic nitrogens is 3.